The third kappa shape index (κ3) is 3.38. The summed E-state index contributed by atoms with van der Waals surface area (Å²) >= 11 is 0. The molecule has 1 fully saturated rings. The highest BCUT2D eigenvalue weighted by molar-refractivity contribution is 5.79. The molecule has 0 aliphatic heterocycles. The lowest BCUT2D eigenvalue weighted by Gasteiger charge is -2.36. The predicted molar refractivity (Wildman–Crippen MR) is 104 cm³/mol. The molecule has 1 aliphatic carbocycles. The standard InChI is InChI=1S/C21H23N5O/c1-2-25(16-6-8-17(27)9-7-16)21-5-3-4-19(24-21)18-14-23-26-11-10-15(13-22)12-20(18)26/h3-5,10-12,14,16-17,27H,2,6-9H2,1H3/t16-,17-. The molecule has 0 saturated heterocycles. The second-order valence-corrected chi connectivity index (χ2v) is 7.04. The molecule has 1 saturated carbocycles. The van der Waals surface area contributed by atoms with E-state index in [0.717, 1.165) is 54.8 Å². The van der Waals surface area contributed by atoms with Crippen molar-refractivity contribution in [3.8, 4) is 17.3 Å². The number of aromatic nitrogens is 3. The number of aliphatic hydroxyl groups is 1. The van der Waals surface area contributed by atoms with Gasteiger partial charge in [-0.05, 0) is 56.9 Å². The quantitative estimate of drug-likeness (QED) is 0.771. The summed E-state index contributed by atoms with van der Waals surface area (Å²) < 4.78 is 1.77. The molecule has 3 aromatic heterocycles. The van der Waals surface area contributed by atoms with E-state index in [2.05, 4.69) is 23.0 Å². The van der Waals surface area contributed by atoms with Gasteiger partial charge in [-0.3, -0.25) is 0 Å². The van der Waals surface area contributed by atoms with Gasteiger partial charge in [0.1, 0.15) is 5.82 Å². The largest absolute Gasteiger partial charge is 0.393 e. The molecule has 0 unspecified atom stereocenters. The lowest BCUT2D eigenvalue weighted by atomic mass is 9.92. The van der Waals surface area contributed by atoms with Gasteiger partial charge in [-0.2, -0.15) is 10.4 Å². The number of anilines is 1. The van der Waals surface area contributed by atoms with Crippen molar-refractivity contribution in [1.82, 2.24) is 14.6 Å². The predicted octanol–water partition coefficient (Wildman–Crippen LogP) is 3.40. The number of nitrogens with zero attached hydrogens (tertiary/aromatic N) is 5. The van der Waals surface area contributed by atoms with Crippen LogP contribution in [0, 0.1) is 11.3 Å². The highest BCUT2D eigenvalue weighted by atomic mass is 16.3. The van der Waals surface area contributed by atoms with Gasteiger partial charge in [0.2, 0.25) is 0 Å². The van der Waals surface area contributed by atoms with Crippen LogP contribution in [0.15, 0.2) is 42.7 Å². The molecule has 0 spiro atoms. The molecule has 6 nitrogen and oxygen atoms in total. The number of fused-ring (bicyclic) bond motifs is 1. The average molecular weight is 361 g/mol. The summed E-state index contributed by atoms with van der Waals surface area (Å²) in [4.78, 5) is 7.25. The Bertz CT molecular complexity index is 982. The first-order valence-corrected chi connectivity index (χ1v) is 9.49. The Hall–Kier alpha value is -2.91. The van der Waals surface area contributed by atoms with Gasteiger partial charge < -0.3 is 10.0 Å². The summed E-state index contributed by atoms with van der Waals surface area (Å²) in [5.41, 5.74) is 3.26. The fraction of sp³-hybridized carbons (Fsp3) is 0.381. The molecule has 0 radical (unpaired) electrons. The van der Waals surface area contributed by atoms with Crippen LogP contribution < -0.4 is 4.90 Å². The first kappa shape index (κ1) is 17.5. The fourth-order valence-electron chi connectivity index (χ4n) is 3.96. The van der Waals surface area contributed by atoms with E-state index in [4.69, 9.17) is 4.98 Å². The highest BCUT2D eigenvalue weighted by Gasteiger charge is 2.25. The zero-order chi connectivity index (χ0) is 18.8. The molecule has 4 rings (SSSR count). The van der Waals surface area contributed by atoms with E-state index < -0.39 is 0 Å². The lowest BCUT2D eigenvalue weighted by molar-refractivity contribution is 0.121. The number of rotatable bonds is 4. The Balaban J connectivity index is 1.69. The first-order chi connectivity index (χ1) is 13.2. The van der Waals surface area contributed by atoms with Crippen LogP contribution in [0.3, 0.4) is 0 Å². The van der Waals surface area contributed by atoms with Crippen molar-refractivity contribution < 1.29 is 5.11 Å². The van der Waals surface area contributed by atoms with Gasteiger partial charge >= 0.3 is 0 Å². The maximum absolute atomic E-state index is 9.80. The van der Waals surface area contributed by atoms with Crippen molar-refractivity contribution >= 4 is 11.3 Å². The zero-order valence-corrected chi connectivity index (χ0v) is 15.4. The molecule has 1 aliphatic rings. The molecule has 138 valence electrons. The van der Waals surface area contributed by atoms with Gasteiger partial charge in [-0.15, -0.1) is 0 Å². The second-order valence-electron chi connectivity index (χ2n) is 7.04. The van der Waals surface area contributed by atoms with Crippen LogP contribution in [0.4, 0.5) is 5.82 Å². The molecule has 0 atom stereocenters. The molecule has 0 bridgehead atoms. The topological polar surface area (TPSA) is 77.5 Å². The van der Waals surface area contributed by atoms with Crippen LogP contribution in [-0.4, -0.2) is 38.4 Å². The van der Waals surface area contributed by atoms with Crippen molar-refractivity contribution in [1.29, 1.82) is 5.26 Å². The molecule has 3 aromatic rings. The number of nitriles is 1. The highest BCUT2D eigenvalue weighted by Crippen LogP contribution is 2.29. The normalized spacial score (nSPS) is 19.7. The van der Waals surface area contributed by atoms with E-state index in [-0.39, 0.29) is 6.10 Å². The van der Waals surface area contributed by atoms with Crippen LogP contribution >= 0.6 is 0 Å². The fourth-order valence-corrected chi connectivity index (χ4v) is 3.96. The summed E-state index contributed by atoms with van der Waals surface area (Å²) in [6, 6.07) is 12.2. The number of aliphatic hydroxyl groups excluding tert-OH is 1. The zero-order valence-electron chi connectivity index (χ0n) is 15.4. The Morgan fingerprint density at radius 3 is 2.81 bits per heavy atom. The van der Waals surface area contributed by atoms with Crippen molar-refractivity contribution in [3.05, 3.63) is 48.3 Å². The van der Waals surface area contributed by atoms with Gasteiger partial charge in [0, 0.05) is 24.3 Å². The molecule has 0 amide bonds. The van der Waals surface area contributed by atoms with Crippen LogP contribution in [-0.2, 0) is 0 Å². The van der Waals surface area contributed by atoms with Crippen molar-refractivity contribution in [2.45, 2.75) is 44.8 Å². The number of hydrogen-bond donors (Lipinski definition) is 1. The first-order valence-electron chi connectivity index (χ1n) is 9.49. The Morgan fingerprint density at radius 1 is 1.26 bits per heavy atom. The number of hydrogen-bond acceptors (Lipinski definition) is 5. The van der Waals surface area contributed by atoms with Gasteiger partial charge in [-0.1, -0.05) is 6.07 Å². The van der Waals surface area contributed by atoms with E-state index in [9.17, 15) is 10.4 Å². The smallest absolute Gasteiger partial charge is 0.129 e. The number of pyridine rings is 2. The Morgan fingerprint density at radius 2 is 2.07 bits per heavy atom. The summed E-state index contributed by atoms with van der Waals surface area (Å²) in [7, 11) is 0. The van der Waals surface area contributed by atoms with Gasteiger partial charge in [0.05, 0.1) is 35.1 Å². The van der Waals surface area contributed by atoms with Crippen LogP contribution in [0.1, 0.15) is 38.2 Å². The summed E-state index contributed by atoms with van der Waals surface area (Å²) in [6.45, 7) is 3.03. The van der Waals surface area contributed by atoms with Crippen LogP contribution in [0.2, 0.25) is 0 Å². The van der Waals surface area contributed by atoms with Crippen molar-refractivity contribution in [2.75, 3.05) is 11.4 Å². The maximum Gasteiger partial charge on any atom is 0.129 e. The minimum Gasteiger partial charge on any atom is -0.393 e. The van der Waals surface area contributed by atoms with Crippen LogP contribution in [0.5, 0.6) is 0 Å². The summed E-state index contributed by atoms with van der Waals surface area (Å²) in [5.74, 6) is 0.951. The van der Waals surface area contributed by atoms with E-state index in [0.29, 0.717) is 11.6 Å². The third-order valence-corrected chi connectivity index (χ3v) is 5.40. The summed E-state index contributed by atoms with van der Waals surface area (Å²) in [5, 5.41) is 23.4. The summed E-state index contributed by atoms with van der Waals surface area (Å²) in [6.07, 6.45) is 7.12. The monoisotopic (exact) mass is 361 g/mol. The molecule has 6 heteroatoms. The minimum absolute atomic E-state index is 0.160. The van der Waals surface area contributed by atoms with Crippen molar-refractivity contribution in [2.24, 2.45) is 0 Å². The van der Waals surface area contributed by atoms with Crippen molar-refractivity contribution in [3.63, 3.8) is 0 Å². The van der Waals surface area contributed by atoms with E-state index in [1.165, 1.54) is 0 Å². The molecular weight excluding hydrogens is 338 g/mol. The minimum atomic E-state index is -0.160. The molecule has 27 heavy (non-hydrogen) atoms. The Kier molecular flexibility index (Phi) is 4.78. The van der Waals surface area contributed by atoms with Gasteiger partial charge in [-0.25, -0.2) is 9.50 Å². The lowest BCUT2D eigenvalue weighted by Crippen LogP contribution is -2.39. The Labute approximate surface area is 158 Å². The van der Waals surface area contributed by atoms with Gasteiger partial charge in [0.15, 0.2) is 0 Å². The third-order valence-electron chi connectivity index (χ3n) is 5.40. The van der Waals surface area contributed by atoms with E-state index >= 15 is 0 Å². The van der Waals surface area contributed by atoms with Gasteiger partial charge in [0.25, 0.3) is 0 Å². The second kappa shape index (κ2) is 7.37. The van der Waals surface area contributed by atoms with E-state index in [1.54, 1.807) is 23.0 Å². The SMILES string of the molecule is CCN(c1cccc(-c2cnn3ccc(C#N)cc23)n1)[C@H]1CC[C@H](O)CC1. The molecule has 3 heterocycles. The van der Waals surface area contributed by atoms with E-state index in [1.807, 2.05) is 24.3 Å². The average Bonchev–Trinajstić information content (AvgIpc) is 3.13. The molecule has 1 N–H and O–H groups in total. The molecular formula is C21H23N5O. The maximum atomic E-state index is 9.80. The van der Waals surface area contributed by atoms with Crippen LogP contribution in [0.25, 0.3) is 16.8 Å². The molecule has 0 aromatic carbocycles.